The van der Waals surface area contributed by atoms with Crippen molar-refractivity contribution in [2.24, 2.45) is 0 Å². The van der Waals surface area contributed by atoms with Gasteiger partial charge in [-0.2, -0.15) is 0 Å². The van der Waals surface area contributed by atoms with Gasteiger partial charge in [0.1, 0.15) is 6.10 Å². The minimum absolute atomic E-state index is 0.102. The highest BCUT2D eigenvalue weighted by atomic mass is 16.6. The summed E-state index contributed by atoms with van der Waals surface area (Å²) in [5, 5.41) is 19.4. The summed E-state index contributed by atoms with van der Waals surface area (Å²) >= 11 is 0. The van der Waals surface area contributed by atoms with Crippen LogP contribution in [0.4, 0.5) is 5.69 Å². The number of carbonyl (C=O) groups is 1. The van der Waals surface area contributed by atoms with E-state index in [9.17, 15) is 14.9 Å². The summed E-state index contributed by atoms with van der Waals surface area (Å²) in [7, 11) is 0. The lowest BCUT2D eigenvalue weighted by Crippen LogP contribution is -2.20. The Balaban J connectivity index is 2.85. The Morgan fingerprint density at radius 1 is 1.53 bits per heavy atom. The molecule has 6 heteroatoms. The molecule has 92 valence electrons. The summed E-state index contributed by atoms with van der Waals surface area (Å²) in [6, 6.07) is 5.92. The van der Waals surface area contributed by atoms with Crippen molar-refractivity contribution >= 4 is 11.7 Å². The number of ether oxygens (including phenoxy) is 1. The summed E-state index contributed by atoms with van der Waals surface area (Å²) < 4.78 is 5.34. The minimum Gasteiger partial charge on any atom is -0.483 e. The van der Waals surface area contributed by atoms with E-state index in [4.69, 9.17) is 9.84 Å². The fourth-order valence-corrected chi connectivity index (χ4v) is 1.35. The van der Waals surface area contributed by atoms with E-state index in [2.05, 4.69) is 0 Å². The van der Waals surface area contributed by atoms with Crippen LogP contribution in [0.2, 0.25) is 0 Å². The highest BCUT2D eigenvalue weighted by Crippen LogP contribution is 2.27. The number of rotatable bonds is 6. The lowest BCUT2D eigenvalue weighted by atomic mass is 10.2. The second kappa shape index (κ2) is 5.83. The minimum atomic E-state index is -0.990. The van der Waals surface area contributed by atoms with Gasteiger partial charge in [-0.05, 0) is 12.5 Å². The number of hydrogen-bond acceptors (Lipinski definition) is 4. The molecule has 0 aliphatic carbocycles. The summed E-state index contributed by atoms with van der Waals surface area (Å²) in [5.74, 6) is -0.888. The van der Waals surface area contributed by atoms with E-state index in [1.165, 1.54) is 18.2 Å². The Labute approximate surface area is 98.0 Å². The van der Waals surface area contributed by atoms with Crippen molar-refractivity contribution in [3.8, 4) is 5.75 Å². The number of hydrogen-bond donors (Lipinski definition) is 1. The van der Waals surface area contributed by atoms with Crippen molar-refractivity contribution in [1.82, 2.24) is 0 Å². The molecule has 1 unspecified atom stereocenters. The molecule has 0 aromatic heterocycles. The average molecular weight is 239 g/mol. The van der Waals surface area contributed by atoms with E-state index in [0.29, 0.717) is 6.42 Å². The van der Waals surface area contributed by atoms with Crippen LogP contribution in [0.25, 0.3) is 0 Å². The number of aliphatic carboxylic acids is 1. The second-order valence-corrected chi connectivity index (χ2v) is 3.47. The van der Waals surface area contributed by atoms with Gasteiger partial charge >= 0.3 is 11.7 Å². The third-order valence-corrected chi connectivity index (χ3v) is 2.21. The smallest absolute Gasteiger partial charge is 0.310 e. The maximum Gasteiger partial charge on any atom is 0.310 e. The molecular formula is C11H13NO5. The second-order valence-electron chi connectivity index (χ2n) is 3.47. The predicted octanol–water partition coefficient (Wildman–Crippen LogP) is 2.23. The van der Waals surface area contributed by atoms with Crippen molar-refractivity contribution in [2.45, 2.75) is 25.9 Å². The highest BCUT2D eigenvalue weighted by Gasteiger charge is 2.19. The standard InChI is InChI=1S/C11H13NO5/c1-2-8(7-11(13)14)17-10-6-4-3-5-9(10)12(15)16/h3-6,8H,2,7H2,1H3,(H,13,14). The zero-order chi connectivity index (χ0) is 12.8. The lowest BCUT2D eigenvalue weighted by molar-refractivity contribution is -0.386. The van der Waals surface area contributed by atoms with Crippen LogP contribution in [0, 0.1) is 10.1 Å². The number of para-hydroxylation sites is 2. The maximum atomic E-state index is 10.7. The van der Waals surface area contributed by atoms with Crippen molar-refractivity contribution in [3.05, 3.63) is 34.4 Å². The number of nitro groups is 1. The molecule has 17 heavy (non-hydrogen) atoms. The molecule has 6 nitrogen and oxygen atoms in total. The average Bonchev–Trinajstić information content (AvgIpc) is 2.28. The van der Waals surface area contributed by atoms with Crippen LogP contribution in [0.3, 0.4) is 0 Å². The molecule has 0 aliphatic heterocycles. The molecule has 0 fully saturated rings. The topological polar surface area (TPSA) is 89.7 Å². The van der Waals surface area contributed by atoms with Gasteiger partial charge in [0.25, 0.3) is 0 Å². The van der Waals surface area contributed by atoms with E-state index in [1.54, 1.807) is 13.0 Å². The zero-order valence-electron chi connectivity index (χ0n) is 9.33. The molecule has 1 N–H and O–H groups in total. The molecule has 0 radical (unpaired) electrons. The molecule has 0 spiro atoms. The van der Waals surface area contributed by atoms with Crippen LogP contribution in [0.5, 0.6) is 5.75 Å². The lowest BCUT2D eigenvalue weighted by Gasteiger charge is -2.15. The van der Waals surface area contributed by atoms with Gasteiger partial charge < -0.3 is 9.84 Å². The van der Waals surface area contributed by atoms with Crippen molar-refractivity contribution in [1.29, 1.82) is 0 Å². The van der Waals surface area contributed by atoms with Gasteiger partial charge in [-0.1, -0.05) is 19.1 Å². The molecule has 1 atom stereocenters. The van der Waals surface area contributed by atoms with Gasteiger partial charge in [-0.3, -0.25) is 14.9 Å². The Morgan fingerprint density at radius 3 is 2.71 bits per heavy atom. The largest absolute Gasteiger partial charge is 0.483 e. The van der Waals surface area contributed by atoms with Crippen molar-refractivity contribution in [2.75, 3.05) is 0 Å². The van der Waals surface area contributed by atoms with Crippen molar-refractivity contribution in [3.63, 3.8) is 0 Å². The first-order valence-corrected chi connectivity index (χ1v) is 5.16. The molecule has 1 rings (SSSR count). The first kappa shape index (κ1) is 13.0. The zero-order valence-corrected chi connectivity index (χ0v) is 9.33. The van der Waals surface area contributed by atoms with Crippen LogP contribution in [-0.4, -0.2) is 22.1 Å². The van der Waals surface area contributed by atoms with Crippen LogP contribution in [0.1, 0.15) is 19.8 Å². The highest BCUT2D eigenvalue weighted by molar-refractivity contribution is 5.67. The Hall–Kier alpha value is -2.11. The van der Waals surface area contributed by atoms with E-state index < -0.39 is 17.0 Å². The van der Waals surface area contributed by atoms with E-state index >= 15 is 0 Å². The van der Waals surface area contributed by atoms with Crippen LogP contribution < -0.4 is 4.74 Å². The molecule has 0 saturated carbocycles. The van der Waals surface area contributed by atoms with Crippen LogP contribution in [0.15, 0.2) is 24.3 Å². The first-order valence-electron chi connectivity index (χ1n) is 5.16. The number of nitrogens with zero attached hydrogens (tertiary/aromatic N) is 1. The normalized spacial score (nSPS) is 11.8. The molecule has 1 aromatic carbocycles. The van der Waals surface area contributed by atoms with E-state index in [0.717, 1.165) is 0 Å². The fraction of sp³-hybridized carbons (Fsp3) is 0.364. The maximum absolute atomic E-state index is 10.7. The van der Waals surface area contributed by atoms with E-state index in [-0.39, 0.29) is 17.9 Å². The van der Waals surface area contributed by atoms with Gasteiger partial charge in [0, 0.05) is 6.07 Å². The number of nitro benzene ring substituents is 1. The van der Waals surface area contributed by atoms with Gasteiger partial charge in [0.2, 0.25) is 0 Å². The summed E-state index contributed by atoms with van der Waals surface area (Å²) in [6.45, 7) is 1.77. The van der Waals surface area contributed by atoms with Crippen LogP contribution >= 0.6 is 0 Å². The quantitative estimate of drug-likeness (QED) is 0.607. The Bertz CT molecular complexity index is 418. The molecule has 0 aliphatic rings. The Kier molecular flexibility index (Phi) is 4.45. The predicted molar refractivity (Wildman–Crippen MR) is 60.1 cm³/mol. The Morgan fingerprint density at radius 2 is 2.18 bits per heavy atom. The van der Waals surface area contributed by atoms with Gasteiger partial charge in [0.05, 0.1) is 11.3 Å². The van der Waals surface area contributed by atoms with E-state index in [1.807, 2.05) is 0 Å². The first-order chi connectivity index (χ1) is 8.04. The third kappa shape index (κ3) is 3.75. The number of carboxylic acid groups (broad SMARTS) is 1. The van der Waals surface area contributed by atoms with Gasteiger partial charge in [-0.15, -0.1) is 0 Å². The number of carboxylic acids is 1. The molecule has 0 bridgehead atoms. The van der Waals surface area contributed by atoms with Gasteiger partial charge in [0.15, 0.2) is 5.75 Å². The number of benzene rings is 1. The van der Waals surface area contributed by atoms with Crippen molar-refractivity contribution < 1.29 is 19.6 Å². The summed E-state index contributed by atoms with van der Waals surface area (Å²) in [4.78, 5) is 20.7. The molecule has 0 amide bonds. The molecule has 0 heterocycles. The third-order valence-electron chi connectivity index (χ3n) is 2.21. The molecule has 1 aromatic rings. The molecular weight excluding hydrogens is 226 g/mol. The molecule has 0 saturated heterocycles. The summed E-state index contributed by atoms with van der Waals surface area (Å²) in [6.07, 6.45) is -0.269. The summed E-state index contributed by atoms with van der Waals surface area (Å²) in [5.41, 5.74) is -0.156. The van der Waals surface area contributed by atoms with Gasteiger partial charge in [-0.25, -0.2) is 0 Å². The SMILES string of the molecule is CCC(CC(=O)O)Oc1ccccc1[N+](=O)[O-]. The fourth-order valence-electron chi connectivity index (χ4n) is 1.35. The monoisotopic (exact) mass is 239 g/mol. The van der Waals surface area contributed by atoms with Crippen LogP contribution in [-0.2, 0) is 4.79 Å².